The highest BCUT2D eigenvalue weighted by molar-refractivity contribution is 5.53. The Bertz CT molecular complexity index is 608. The molecule has 0 aromatic heterocycles. The first-order chi connectivity index (χ1) is 9.38. The molecule has 2 aromatic rings. The summed E-state index contributed by atoms with van der Waals surface area (Å²) in [6.07, 6.45) is 0. The summed E-state index contributed by atoms with van der Waals surface area (Å²) in [5.41, 5.74) is 7.11. The molecule has 0 spiro atoms. The third-order valence-corrected chi connectivity index (χ3v) is 3.73. The first-order valence-corrected chi connectivity index (χ1v) is 6.99. The molecular formula is C18H22FN. The summed E-state index contributed by atoms with van der Waals surface area (Å²) in [5.74, 6) is -0.191. The zero-order valence-electron chi connectivity index (χ0n) is 12.8. The van der Waals surface area contributed by atoms with Gasteiger partial charge in [-0.2, -0.15) is 0 Å². The van der Waals surface area contributed by atoms with Crippen molar-refractivity contribution in [1.82, 2.24) is 0 Å². The van der Waals surface area contributed by atoms with Crippen LogP contribution in [0.15, 0.2) is 30.3 Å². The molecule has 1 N–H and O–H groups in total. The van der Waals surface area contributed by atoms with Crippen molar-refractivity contribution in [3.63, 3.8) is 0 Å². The van der Waals surface area contributed by atoms with Crippen LogP contribution in [-0.2, 0) is 0 Å². The molecule has 2 rings (SSSR count). The Morgan fingerprint density at radius 3 is 2.05 bits per heavy atom. The fraction of sp³-hybridized carbons (Fsp3) is 0.333. The highest BCUT2D eigenvalue weighted by Crippen LogP contribution is 2.28. The molecule has 1 unspecified atom stereocenters. The number of rotatable bonds is 3. The molecule has 0 amide bonds. The monoisotopic (exact) mass is 271 g/mol. The van der Waals surface area contributed by atoms with Gasteiger partial charge in [0.1, 0.15) is 5.82 Å². The van der Waals surface area contributed by atoms with E-state index in [0.717, 1.165) is 11.3 Å². The average molecular weight is 271 g/mol. The van der Waals surface area contributed by atoms with Gasteiger partial charge in [-0.05, 0) is 75.1 Å². The lowest BCUT2D eigenvalue weighted by molar-refractivity contribution is 0.626. The second-order valence-corrected chi connectivity index (χ2v) is 5.64. The van der Waals surface area contributed by atoms with E-state index in [0.29, 0.717) is 0 Å². The molecule has 0 heterocycles. The van der Waals surface area contributed by atoms with Crippen LogP contribution in [-0.4, -0.2) is 0 Å². The van der Waals surface area contributed by atoms with E-state index in [4.69, 9.17) is 0 Å². The number of nitrogens with one attached hydrogen (secondary N) is 1. The van der Waals surface area contributed by atoms with E-state index in [1.165, 1.54) is 28.3 Å². The van der Waals surface area contributed by atoms with Crippen molar-refractivity contribution >= 4 is 5.69 Å². The minimum atomic E-state index is -0.191. The summed E-state index contributed by atoms with van der Waals surface area (Å²) in [6.45, 7) is 10.5. The summed E-state index contributed by atoms with van der Waals surface area (Å²) in [6, 6.07) is 9.47. The minimum Gasteiger partial charge on any atom is -0.378 e. The summed E-state index contributed by atoms with van der Waals surface area (Å²) < 4.78 is 13.2. The predicted molar refractivity (Wildman–Crippen MR) is 83.8 cm³/mol. The van der Waals surface area contributed by atoms with Crippen molar-refractivity contribution in [3.8, 4) is 0 Å². The van der Waals surface area contributed by atoms with Gasteiger partial charge in [0.15, 0.2) is 0 Å². The number of halogens is 1. The molecule has 1 atom stereocenters. The molecule has 0 radical (unpaired) electrons. The van der Waals surface area contributed by atoms with Crippen LogP contribution in [0.2, 0.25) is 0 Å². The van der Waals surface area contributed by atoms with Gasteiger partial charge in [0.05, 0.1) is 0 Å². The molecule has 0 bridgehead atoms. The highest BCUT2D eigenvalue weighted by atomic mass is 19.1. The Hall–Kier alpha value is -1.83. The molecule has 2 aromatic carbocycles. The maximum Gasteiger partial charge on any atom is 0.123 e. The van der Waals surface area contributed by atoms with Gasteiger partial charge in [0, 0.05) is 11.7 Å². The van der Waals surface area contributed by atoms with Crippen LogP contribution >= 0.6 is 0 Å². The van der Waals surface area contributed by atoms with Gasteiger partial charge in [-0.25, -0.2) is 4.39 Å². The zero-order chi connectivity index (χ0) is 14.9. The van der Waals surface area contributed by atoms with E-state index in [2.05, 4.69) is 45.1 Å². The first kappa shape index (κ1) is 14.6. The number of hydrogen-bond donors (Lipinski definition) is 1. The molecular weight excluding hydrogens is 249 g/mol. The Labute approximate surface area is 120 Å². The largest absolute Gasteiger partial charge is 0.378 e. The van der Waals surface area contributed by atoms with Crippen LogP contribution in [0.1, 0.15) is 40.8 Å². The van der Waals surface area contributed by atoms with Gasteiger partial charge in [0.2, 0.25) is 0 Å². The molecule has 20 heavy (non-hydrogen) atoms. The molecule has 2 heteroatoms. The number of benzene rings is 2. The van der Waals surface area contributed by atoms with Gasteiger partial charge < -0.3 is 5.32 Å². The Balaban J connectivity index is 2.31. The quantitative estimate of drug-likeness (QED) is 0.805. The zero-order valence-corrected chi connectivity index (χ0v) is 12.8. The highest BCUT2D eigenvalue weighted by Gasteiger charge is 2.13. The molecule has 1 nitrogen and oxygen atoms in total. The van der Waals surface area contributed by atoms with E-state index in [-0.39, 0.29) is 11.9 Å². The van der Waals surface area contributed by atoms with Crippen molar-refractivity contribution < 1.29 is 4.39 Å². The molecule has 0 aliphatic heterocycles. The smallest absolute Gasteiger partial charge is 0.123 e. The lowest BCUT2D eigenvalue weighted by Crippen LogP contribution is -2.11. The second-order valence-electron chi connectivity index (χ2n) is 5.64. The van der Waals surface area contributed by atoms with Gasteiger partial charge >= 0.3 is 0 Å². The van der Waals surface area contributed by atoms with E-state index >= 15 is 0 Å². The third-order valence-electron chi connectivity index (χ3n) is 3.73. The normalized spacial score (nSPS) is 12.3. The second kappa shape index (κ2) is 5.66. The maximum atomic E-state index is 13.2. The van der Waals surface area contributed by atoms with E-state index in [1.54, 1.807) is 12.1 Å². The minimum absolute atomic E-state index is 0.191. The molecule has 106 valence electrons. The molecule has 0 saturated heterocycles. The van der Waals surface area contributed by atoms with Crippen molar-refractivity contribution in [2.24, 2.45) is 0 Å². The molecule has 0 aliphatic carbocycles. The van der Waals surface area contributed by atoms with Crippen LogP contribution in [0.25, 0.3) is 0 Å². The lowest BCUT2D eigenvalue weighted by atomic mass is 9.94. The third kappa shape index (κ3) is 3.01. The number of hydrogen-bond acceptors (Lipinski definition) is 1. The van der Waals surface area contributed by atoms with Gasteiger partial charge in [-0.15, -0.1) is 0 Å². The Morgan fingerprint density at radius 1 is 0.900 bits per heavy atom. The number of anilines is 1. The topological polar surface area (TPSA) is 12.0 Å². The van der Waals surface area contributed by atoms with Crippen LogP contribution in [0.4, 0.5) is 10.1 Å². The summed E-state index contributed by atoms with van der Waals surface area (Å²) >= 11 is 0. The van der Waals surface area contributed by atoms with Gasteiger partial charge in [0.25, 0.3) is 0 Å². The van der Waals surface area contributed by atoms with Crippen LogP contribution in [0.5, 0.6) is 0 Å². The number of aryl methyl sites for hydroxylation is 4. The van der Waals surface area contributed by atoms with E-state index < -0.39 is 0 Å². The SMILES string of the molecule is Cc1cc(C)c(C(C)Nc2ccc(F)cc2C)c(C)c1. The first-order valence-electron chi connectivity index (χ1n) is 6.99. The van der Waals surface area contributed by atoms with Crippen molar-refractivity contribution in [1.29, 1.82) is 0 Å². The summed E-state index contributed by atoms with van der Waals surface area (Å²) in [7, 11) is 0. The van der Waals surface area contributed by atoms with Crippen LogP contribution in [0, 0.1) is 33.5 Å². The fourth-order valence-corrected chi connectivity index (χ4v) is 2.97. The predicted octanol–water partition coefficient (Wildman–Crippen LogP) is 5.23. The lowest BCUT2D eigenvalue weighted by Gasteiger charge is -2.22. The van der Waals surface area contributed by atoms with Crippen LogP contribution in [0.3, 0.4) is 0 Å². The molecule has 0 aliphatic rings. The fourth-order valence-electron chi connectivity index (χ4n) is 2.97. The average Bonchev–Trinajstić information content (AvgIpc) is 2.31. The maximum absolute atomic E-state index is 13.2. The summed E-state index contributed by atoms with van der Waals surface area (Å²) in [5, 5.41) is 3.49. The van der Waals surface area contributed by atoms with E-state index in [1.807, 2.05) is 6.92 Å². The summed E-state index contributed by atoms with van der Waals surface area (Å²) in [4.78, 5) is 0. The van der Waals surface area contributed by atoms with Gasteiger partial charge in [-0.3, -0.25) is 0 Å². The Kier molecular flexibility index (Phi) is 4.12. The molecule has 0 fully saturated rings. The van der Waals surface area contributed by atoms with Crippen molar-refractivity contribution in [3.05, 3.63) is 64.0 Å². The van der Waals surface area contributed by atoms with Crippen molar-refractivity contribution in [2.75, 3.05) is 5.32 Å². The van der Waals surface area contributed by atoms with E-state index in [9.17, 15) is 4.39 Å². The Morgan fingerprint density at radius 2 is 1.50 bits per heavy atom. The van der Waals surface area contributed by atoms with Crippen LogP contribution < -0.4 is 5.32 Å². The van der Waals surface area contributed by atoms with Gasteiger partial charge in [-0.1, -0.05) is 17.7 Å². The molecule has 0 saturated carbocycles. The standard InChI is InChI=1S/C18H22FN/c1-11-8-13(3)18(14(4)9-11)15(5)20-17-7-6-16(19)10-12(17)2/h6-10,15,20H,1-5H3. The van der Waals surface area contributed by atoms with Crippen molar-refractivity contribution in [2.45, 2.75) is 40.7 Å².